The van der Waals surface area contributed by atoms with Gasteiger partial charge in [0.15, 0.2) is 10.8 Å². The molecule has 3 aromatic rings. The Bertz CT molecular complexity index is 860. The number of nitrogens with zero attached hydrogens (tertiary/aromatic N) is 2. The number of hydrogen-bond donors (Lipinski definition) is 0. The first kappa shape index (κ1) is 17.1. The molecule has 1 saturated heterocycles. The van der Waals surface area contributed by atoms with Crippen LogP contribution in [0.1, 0.15) is 30.1 Å². The fraction of sp³-hybridized carbons (Fsp3) is 0.350. The molecule has 1 fully saturated rings. The van der Waals surface area contributed by atoms with Crippen LogP contribution in [0.25, 0.3) is 10.8 Å². The largest absolute Gasteiger partial charge is 0.497 e. The molecule has 6 heteroatoms. The lowest BCUT2D eigenvalue weighted by Gasteiger charge is -2.25. The minimum absolute atomic E-state index is 0.314. The zero-order valence-electron chi connectivity index (χ0n) is 15.0. The number of rotatable bonds is 6. The summed E-state index contributed by atoms with van der Waals surface area (Å²) in [5.74, 6) is 2.60. The van der Waals surface area contributed by atoms with E-state index in [9.17, 15) is 0 Å². The maximum atomic E-state index is 5.60. The van der Waals surface area contributed by atoms with Crippen LogP contribution in [-0.4, -0.2) is 30.6 Å². The molecule has 26 heavy (non-hydrogen) atoms. The van der Waals surface area contributed by atoms with Crippen LogP contribution < -0.4 is 9.47 Å². The first-order valence-corrected chi connectivity index (χ1v) is 9.60. The topological polar surface area (TPSA) is 47.7 Å². The third kappa shape index (κ3) is 3.34. The highest BCUT2D eigenvalue weighted by atomic mass is 32.1. The lowest BCUT2D eigenvalue weighted by atomic mass is 10.0. The van der Waals surface area contributed by atoms with Crippen molar-refractivity contribution in [2.75, 3.05) is 20.8 Å². The van der Waals surface area contributed by atoms with Gasteiger partial charge in [0, 0.05) is 23.5 Å². The minimum atomic E-state index is 0.314. The summed E-state index contributed by atoms with van der Waals surface area (Å²) in [6.07, 6.45) is 3.96. The summed E-state index contributed by atoms with van der Waals surface area (Å²) in [4.78, 5) is 7.22. The van der Waals surface area contributed by atoms with E-state index < -0.39 is 0 Å². The van der Waals surface area contributed by atoms with E-state index in [1.165, 1.54) is 12.0 Å². The second kappa shape index (κ2) is 7.51. The van der Waals surface area contributed by atoms with E-state index in [0.717, 1.165) is 47.5 Å². The Hall–Kier alpha value is -2.31. The highest BCUT2D eigenvalue weighted by Gasteiger charge is 2.29. The number of thiazole rings is 1. The zero-order valence-corrected chi connectivity index (χ0v) is 15.8. The normalized spacial score (nSPS) is 17.5. The van der Waals surface area contributed by atoms with Crippen molar-refractivity contribution in [3.8, 4) is 22.3 Å². The molecule has 1 aromatic carbocycles. The van der Waals surface area contributed by atoms with Gasteiger partial charge >= 0.3 is 0 Å². The van der Waals surface area contributed by atoms with Gasteiger partial charge in [0.1, 0.15) is 11.5 Å². The molecule has 3 heterocycles. The number of furan rings is 1. The first-order chi connectivity index (χ1) is 12.8. The van der Waals surface area contributed by atoms with Crippen LogP contribution in [0, 0.1) is 0 Å². The second-order valence-corrected chi connectivity index (χ2v) is 7.22. The molecular weight excluding hydrogens is 348 g/mol. The number of aromatic nitrogens is 1. The van der Waals surface area contributed by atoms with Crippen molar-refractivity contribution in [1.29, 1.82) is 0 Å². The van der Waals surface area contributed by atoms with Crippen molar-refractivity contribution in [1.82, 2.24) is 9.88 Å². The van der Waals surface area contributed by atoms with E-state index in [1.54, 1.807) is 31.8 Å². The Kier molecular flexibility index (Phi) is 4.95. The minimum Gasteiger partial charge on any atom is -0.497 e. The number of likely N-dealkylation sites (tertiary alicyclic amines) is 1. The third-order valence-electron chi connectivity index (χ3n) is 4.81. The van der Waals surface area contributed by atoms with Crippen molar-refractivity contribution in [2.24, 2.45) is 0 Å². The van der Waals surface area contributed by atoms with Crippen molar-refractivity contribution in [2.45, 2.75) is 25.4 Å². The van der Waals surface area contributed by atoms with Gasteiger partial charge < -0.3 is 13.9 Å². The summed E-state index contributed by atoms with van der Waals surface area (Å²) in [5, 5.41) is 3.05. The fourth-order valence-corrected chi connectivity index (χ4v) is 4.35. The van der Waals surface area contributed by atoms with Gasteiger partial charge in [-0.05, 0) is 49.7 Å². The van der Waals surface area contributed by atoms with Crippen molar-refractivity contribution < 1.29 is 13.9 Å². The Balaban J connectivity index is 1.56. The molecular formula is C20H22N2O3S. The summed E-state index contributed by atoms with van der Waals surface area (Å²) in [6.45, 7) is 1.88. The molecule has 0 bridgehead atoms. The molecule has 1 unspecified atom stereocenters. The lowest BCUT2D eigenvalue weighted by Crippen LogP contribution is -2.23. The van der Waals surface area contributed by atoms with Gasteiger partial charge in [0.05, 0.1) is 26.2 Å². The average Bonchev–Trinajstić information content (AvgIpc) is 3.42. The lowest BCUT2D eigenvalue weighted by molar-refractivity contribution is 0.240. The summed E-state index contributed by atoms with van der Waals surface area (Å²) < 4.78 is 16.5. The van der Waals surface area contributed by atoms with Crippen LogP contribution in [0.4, 0.5) is 0 Å². The van der Waals surface area contributed by atoms with Crippen LogP contribution in [-0.2, 0) is 6.54 Å². The third-order valence-corrected chi connectivity index (χ3v) is 5.71. The molecule has 136 valence electrons. The highest BCUT2D eigenvalue weighted by molar-refractivity contribution is 7.13. The van der Waals surface area contributed by atoms with Gasteiger partial charge in [-0.3, -0.25) is 4.90 Å². The monoisotopic (exact) mass is 370 g/mol. The molecule has 2 aromatic heterocycles. The van der Waals surface area contributed by atoms with Gasteiger partial charge in [0.25, 0.3) is 0 Å². The molecule has 0 aliphatic carbocycles. The van der Waals surface area contributed by atoms with Crippen LogP contribution in [0.15, 0.2) is 46.4 Å². The fourth-order valence-electron chi connectivity index (χ4n) is 3.57. The van der Waals surface area contributed by atoms with Gasteiger partial charge in [-0.25, -0.2) is 4.98 Å². The zero-order chi connectivity index (χ0) is 17.9. The maximum absolute atomic E-state index is 5.60. The Morgan fingerprint density at radius 1 is 1.27 bits per heavy atom. The summed E-state index contributed by atoms with van der Waals surface area (Å²) in [6, 6.07) is 10.2. The van der Waals surface area contributed by atoms with Crippen molar-refractivity contribution in [3.05, 3.63) is 53.2 Å². The van der Waals surface area contributed by atoms with Gasteiger partial charge in [-0.1, -0.05) is 0 Å². The molecule has 1 atom stereocenters. The predicted molar refractivity (Wildman–Crippen MR) is 102 cm³/mol. The smallest absolute Gasteiger partial charge is 0.162 e. The quantitative estimate of drug-likeness (QED) is 0.626. The maximum Gasteiger partial charge on any atom is 0.162 e. The number of ether oxygens (including phenoxy) is 2. The van der Waals surface area contributed by atoms with Crippen LogP contribution >= 0.6 is 11.3 Å². The molecule has 0 amide bonds. The number of methoxy groups -OCH3 is 2. The van der Waals surface area contributed by atoms with E-state index in [-0.39, 0.29) is 0 Å². The summed E-state index contributed by atoms with van der Waals surface area (Å²) in [5.41, 5.74) is 2.26. The first-order valence-electron chi connectivity index (χ1n) is 8.72. The van der Waals surface area contributed by atoms with E-state index >= 15 is 0 Å². The van der Waals surface area contributed by atoms with Gasteiger partial charge in [-0.15, -0.1) is 11.3 Å². The second-order valence-electron chi connectivity index (χ2n) is 6.36. The van der Waals surface area contributed by atoms with Crippen LogP contribution in [0.3, 0.4) is 0 Å². The molecule has 0 saturated carbocycles. The van der Waals surface area contributed by atoms with E-state index in [0.29, 0.717) is 6.04 Å². The summed E-state index contributed by atoms with van der Waals surface area (Å²) >= 11 is 1.63. The predicted octanol–water partition coefficient (Wildman–Crippen LogP) is 4.76. The average molecular weight is 370 g/mol. The van der Waals surface area contributed by atoms with E-state index in [1.807, 2.05) is 24.3 Å². The van der Waals surface area contributed by atoms with Crippen molar-refractivity contribution in [3.63, 3.8) is 0 Å². The summed E-state index contributed by atoms with van der Waals surface area (Å²) in [7, 11) is 3.42. The highest BCUT2D eigenvalue weighted by Crippen LogP contribution is 2.39. The molecule has 5 nitrogen and oxygen atoms in total. The van der Waals surface area contributed by atoms with Crippen LogP contribution in [0.2, 0.25) is 0 Å². The molecule has 1 aliphatic heterocycles. The Morgan fingerprint density at radius 3 is 2.96 bits per heavy atom. The molecule has 1 aliphatic rings. The van der Waals surface area contributed by atoms with Gasteiger partial charge in [0.2, 0.25) is 0 Å². The van der Waals surface area contributed by atoms with Crippen LogP contribution in [0.5, 0.6) is 11.5 Å². The van der Waals surface area contributed by atoms with E-state index in [4.69, 9.17) is 18.9 Å². The molecule has 0 radical (unpaired) electrons. The van der Waals surface area contributed by atoms with Gasteiger partial charge in [-0.2, -0.15) is 0 Å². The Labute approximate surface area is 157 Å². The van der Waals surface area contributed by atoms with E-state index in [2.05, 4.69) is 16.3 Å². The molecule has 0 spiro atoms. The van der Waals surface area contributed by atoms with Crippen molar-refractivity contribution >= 4 is 11.3 Å². The SMILES string of the molecule is COc1ccc(OC)c(C2CCCN2Cc2csc(-c3ccco3)n2)c1. The molecule has 4 rings (SSSR count). The Morgan fingerprint density at radius 2 is 2.19 bits per heavy atom. The molecule has 0 N–H and O–H groups in total. The number of benzene rings is 1. The standard InChI is InChI=1S/C20H22N2O3S/c1-23-15-7-8-18(24-2)16(11-15)17-5-3-9-22(17)12-14-13-26-20(21-14)19-6-4-10-25-19/h4,6-8,10-11,13,17H,3,5,9,12H2,1-2H3. The number of hydrogen-bond acceptors (Lipinski definition) is 6.